The Kier molecular flexibility index (Phi) is 4.99. The molecule has 0 aromatic heterocycles. The molecule has 1 aliphatic carbocycles. The minimum absolute atomic E-state index is 0.224. The third-order valence-corrected chi connectivity index (χ3v) is 4.42. The molecule has 1 aromatic carbocycles. The van der Waals surface area contributed by atoms with E-state index in [0.717, 1.165) is 12.0 Å². The first-order valence-electron chi connectivity index (χ1n) is 7.64. The summed E-state index contributed by atoms with van der Waals surface area (Å²) in [7, 11) is 0. The van der Waals surface area contributed by atoms with Crippen LogP contribution in [0, 0.1) is 23.0 Å². The Morgan fingerprint density at radius 1 is 1.35 bits per heavy atom. The number of hydrogen-bond donors (Lipinski definition) is 1. The number of benzene rings is 1. The summed E-state index contributed by atoms with van der Waals surface area (Å²) in [5.74, 6) is 0.647. The summed E-state index contributed by atoms with van der Waals surface area (Å²) >= 11 is 0. The quantitative estimate of drug-likeness (QED) is 0.628. The molecule has 0 aliphatic heterocycles. The van der Waals surface area contributed by atoms with E-state index in [4.69, 9.17) is 0 Å². The van der Waals surface area contributed by atoms with Crippen molar-refractivity contribution in [1.82, 2.24) is 0 Å². The third-order valence-electron chi connectivity index (χ3n) is 4.42. The molecule has 2 rings (SSSR count). The first kappa shape index (κ1) is 14.8. The van der Waals surface area contributed by atoms with Crippen LogP contribution in [0.2, 0.25) is 0 Å². The Hall–Kier alpha value is -1.58. The van der Waals surface area contributed by atoms with Gasteiger partial charge in [0.1, 0.15) is 5.69 Å². The highest BCUT2D eigenvalue weighted by molar-refractivity contribution is 5.65. The molecule has 110 valence electrons. The Morgan fingerprint density at radius 2 is 2.05 bits per heavy atom. The van der Waals surface area contributed by atoms with Gasteiger partial charge < -0.3 is 5.32 Å². The lowest BCUT2D eigenvalue weighted by Crippen LogP contribution is -2.30. The lowest BCUT2D eigenvalue weighted by atomic mass is 9.83. The summed E-state index contributed by atoms with van der Waals surface area (Å²) in [4.78, 5) is 11.0. The molecular weight excluding hydrogens is 252 g/mol. The van der Waals surface area contributed by atoms with Crippen LogP contribution in [0.4, 0.5) is 11.4 Å². The van der Waals surface area contributed by atoms with E-state index in [1.54, 1.807) is 13.0 Å². The Balaban J connectivity index is 2.18. The van der Waals surface area contributed by atoms with Gasteiger partial charge in [-0.3, -0.25) is 10.1 Å². The van der Waals surface area contributed by atoms with Gasteiger partial charge in [-0.15, -0.1) is 0 Å². The van der Waals surface area contributed by atoms with Crippen molar-refractivity contribution in [3.63, 3.8) is 0 Å². The van der Waals surface area contributed by atoms with Crippen molar-refractivity contribution in [3.8, 4) is 0 Å². The van der Waals surface area contributed by atoms with Crippen molar-refractivity contribution in [1.29, 1.82) is 0 Å². The maximum absolute atomic E-state index is 11.3. The Bertz CT molecular complexity index is 468. The van der Waals surface area contributed by atoms with E-state index in [1.807, 2.05) is 12.1 Å². The largest absolute Gasteiger partial charge is 0.376 e. The summed E-state index contributed by atoms with van der Waals surface area (Å²) in [6.45, 7) is 3.96. The van der Waals surface area contributed by atoms with Gasteiger partial charge in [-0.25, -0.2) is 0 Å². The average molecular weight is 276 g/mol. The molecule has 4 heteroatoms. The van der Waals surface area contributed by atoms with Gasteiger partial charge in [-0.1, -0.05) is 38.3 Å². The number of aryl methyl sites for hydroxylation is 1. The number of anilines is 1. The fourth-order valence-electron chi connectivity index (χ4n) is 3.31. The van der Waals surface area contributed by atoms with Crippen LogP contribution in [0.15, 0.2) is 18.2 Å². The van der Waals surface area contributed by atoms with Gasteiger partial charge in [-0.2, -0.15) is 0 Å². The molecule has 1 fully saturated rings. The first-order valence-corrected chi connectivity index (χ1v) is 7.64. The third kappa shape index (κ3) is 3.30. The van der Waals surface area contributed by atoms with Crippen LogP contribution in [0.1, 0.15) is 51.0 Å². The number of para-hydroxylation sites is 1. The molecule has 1 N–H and O–H groups in total. The first-order chi connectivity index (χ1) is 9.63. The van der Waals surface area contributed by atoms with Gasteiger partial charge in [0, 0.05) is 11.6 Å². The normalized spacial score (nSPS) is 17.7. The minimum atomic E-state index is -0.273. The van der Waals surface area contributed by atoms with E-state index in [-0.39, 0.29) is 10.6 Å². The van der Waals surface area contributed by atoms with Crippen LogP contribution in [-0.2, 0) is 0 Å². The van der Waals surface area contributed by atoms with E-state index in [0.29, 0.717) is 17.6 Å². The van der Waals surface area contributed by atoms with Crippen LogP contribution >= 0.6 is 0 Å². The monoisotopic (exact) mass is 276 g/mol. The van der Waals surface area contributed by atoms with Crippen LogP contribution in [0.3, 0.4) is 0 Å². The summed E-state index contributed by atoms with van der Waals surface area (Å²) < 4.78 is 0. The number of nitro benzene ring substituents is 1. The van der Waals surface area contributed by atoms with Crippen molar-refractivity contribution < 1.29 is 4.92 Å². The molecule has 1 aliphatic rings. The maximum atomic E-state index is 11.3. The van der Waals surface area contributed by atoms with Crippen molar-refractivity contribution in [2.24, 2.45) is 5.92 Å². The van der Waals surface area contributed by atoms with E-state index in [1.165, 1.54) is 32.1 Å². The lowest BCUT2D eigenvalue weighted by Gasteiger charge is -2.31. The second kappa shape index (κ2) is 6.73. The Labute approximate surface area is 120 Å². The number of nitrogens with one attached hydrogen (secondary N) is 1. The molecule has 0 heterocycles. The Morgan fingerprint density at radius 3 is 2.65 bits per heavy atom. The molecule has 1 saturated carbocycles. The fourth-order valence-corrected chi connectivity index (χ4v) is 3.31. The number of hydrogen-bond acceptors (Lipinski definition) is 3. The van der Waals surface area contributed by atoms with Crippen LogP contribution in [-0.4, -0.2) is 11.0 Å². The molecule has 0 bridgehead atoms. The molecule has 1 unspecified atom stereocenters. The molecule has 0 radical (unpaired) electrons. The minimum Gasteiger partial charge on any atom is -0.376 e. The van der Waals surface area contributed by atoms with Gasteiger partial charge in [0.25, 0.3) is 5.69 Å². The topological polar surface area (TPSA) is 55.2 Å². The van der Waals surface area contributed by atoms with Crippen molar-refractivity contribution in [3.05, 3.63) is 33.9 Å². The standard InChI is InChI=1S/C16H24N2O2/c1-3-14(13-9-5-4-6-10-13)17-15-11-7-8-12(2)16(15)18(19)20/h7-8,11,13-14,17H,3-6,9-10H2,1-2H3. The van der Waals surface area contributed by atoms with E-state index in [2.05, 4.69) is 12.2 Å². The lowest BCUT2D eigenvalue weighted by molar-refractivity contribution is -0.384. The highest BCUT2D eigenvalue weighted by Crippen LogP contribution is 2.33. The predicted molar refractivity (Wildman–Crippen MR) is 82.1 cm³/mol. The molecule has 0 spiro atoms. The number of rotatable bonds is 5. The summed E-state index contributed by atoms with van der Waals surface area (Å²) in [6.07, 6.45) is 7.40. The van der Waals surface area contributed by atoms with Crippen molar-refractivity contribution >= 4 is 11.4 Å². The zero-order valence-electron chi connectivity index (χ0n) is 12.4. The highest BCUT2D eigenvalue weighted by Gasteiger charge is 2.25. The maximum Gasteiger partial charge on any atom is 0.295 e. The number of nitro groups is 1. The molecule has 20 heavy (non-hydrogen) atoms. The molecule has 0 saturated heterocycles. The van der Waals surface area contributed by atoms with E-state index in [9.17, 15) is 10.1 Å². The van der Waals surface area contributed by atoms with Crippen LogP contribution < -0.4 is 5.32 Å². The molecular formula is C16H24N2O2. The number of nitrogens with zero attached hydrogens (tertiary/aromatic N) is 1. The summed E-state index contributed by atoms with van der Waals surface area (Å²) in [5, 5.41) is 14.7. The molecule has 1 atom stereocenters. The van der Waals surface area contributed by atoms with E-state index < -0.39 is 0 Å². The molecule has 0 amide bonds. The highest BCUT2D eigenvalue weighted by atomic mass is 16.6. The summed E-state index contributed by atoms with van der Waals surface area (Å²) in [5.41, 5.74) is 1.62. The average Bonchev–Trinajstić information content (AvgIpc) is 2.45. The van der Waals surface area contributed by atoms with Gasteiger partial charge >= 0.3 is 0 Å². The fraction of sp³-hybridized carbons (Fsp3) is 0.625. The molecule has 4 nitrogen and oxygen atoms in total. The second-order valence-electron chi connectivity index (χ2n) is 5.79. The van der Waals surface area contributed by atoms with Gasteiger partial charge in [0.15, 0.2) is 0 Å². The predicted octanol–water partition coefficient (Wildman–Crippen LogP) is 4.67. The van der Waals surface area contributed by atoms with Gasteiger partial charge in [0.05, 0.1) is 4.92 Å². The van der Waals surface area contributed by atoms with Crippen molar-refractivity contribution in [2.75, 3.05) is 5.32 Å². The molecule has 1 aromatic rings. The smallest absolute Gasteiger partial charge is 0.295 e. The second-order valence-corrected chi connectivity index (χ2v) is 5.79. The zero-order chi connectivity index (χ0) is 14.5. The van der Waals surface area contributed by atoms with Crippen LogP contribution in [0.25, 0.3) is 0 Å². The summed E-state index contributed by atoms with van der Waals surface area (Å²) in [6, 6.07) is 5.86. The van der Waals surface area contributed by atoms with Gasteiger partial charge in [-0.05, 0) is 38.2 Å². The van der Waals surface area contributed by atoms with Crippen LogP contribution in [0.5, 0.6) is 0 Å². The zero-order valence-corrected chi connectivity index (χ0v) is 12.4. The van der Waals surface area contributed by atoms with E-state index >= 15 is 0 Å². The van der Waals surface area contributed by atoms with Gasteiger partial charge in [0.2, 0.25) is 0 Å². The SMILES string of the molecule is CCC(Nc1cccc(C)c1[N+](=O)[O-])C1CCCCC1. The van der Waals surface area contributed by atoms with Crippen molar-refractivity contribution in [2.45, 2.75) is 58.4 Å².